The number of aryl methyl sites for hydroxylation is 2. The van der Waals surface area contributed by atoms with Crippen molar-refractivity contribution in [3.05, 3.63) is 29.8 Å². The molecular weight excluding hydrogens is 318 g/mol. The Morgan fingerprint density at radius 1 is 1.08 bits per heavy atom. The standard InChI is InChI=1S/C18H25N5O2/c1-12-19-8-5-16(20-12)23-9-6-14(7-10-23)17-15(4-3-11-24-17)18-21-13(2)22-25-18/h5,8,14-15,17H,3-4,6-7,9-11H2,1-2H3/t15-,17+/m1/s1. The quantitative estimate of drug-likeness (QED) is 0.848. The average Bonchev–Trinajstić information content (AvgIpc) is 3.08. The van der Waals surface area contributed by atoms with Gasteiger partial charge in [0.05, 0.1) is 12.0 Å². The van der Waals surface area contributed by atoms with Gasteiger partial charge >= 0.3 is 0 Å². The van der Waals surface area contributed by atoms with Gasteiger partial charge in [-0.2, -0.15) is 4.98 Å². The van der Waals surface area contributed by atoms with Crippen molar-refractivity contribution in [3.8, 4) is 0 Å². The van der Waals surface area contributed by atoms with Gasteiger partial charge in [-0.15, -0.1) is 0 Å². The molecule has 2 aliphatic rings. The summed E-state index contributed by atoms with van der Waals surface area (Å²) < 4.78 is 11.6. The zero-order valence-electron chi connectivity index (χ0n) is 14.9. The third-order valence-corrected chi connectivity index (χ3v) is 5.32. The number of piperidine rings is 1. The second-order valence-electron chi connectivity index (χ2n) is 7.05. The van der Waals surface area contributed by atoms with Crippen LogP contribution < -0.4 is 4.90 Å². The molecule has 0 bridgehead atoms. The second-order valence-corrected chi connectivity index (χ2v) is 7.05. The van der Waals surface area contributed by atoms with Crippen LogP contribution in [0.1, 0.15) is 49.1 Å². The van der Waals surface area contributed by atoms with Crippen molar-refractivity contribution in [3.63, 3.8) is 0 Å². The molecule has 0 spiro atoms. The van der Waals surface area contributed by atoms with E-state index in [1.54, 1.807) is 0 Å². The number of nitrogens with zero attached hydrogens (tertiary/aromatic N) is 5. The Morgan fingerprint density at radius 3 is 2.64 bits per heavy atom. The number of ether oxygens (including phenoxy) is 1. The zero-order valence-corrected chi connectivity index (χ0v) is 14.9. The Balaban J connectivity index is 1.43. The number of hydrogen-bond acceptors (Lipinski definition) is 7. The summed E-state index contributed by atoms with van der Waals surface area (Å²) in [5, 5.41) is 3.97. The van der Waals surface area contributed by atoms with Crippen molar-refractivity contribution < 1.29 is 9.26 Å². The summed E-state index contributed by atoms with van der Waals surface area (Å²) >= 11 is 0. The Bertz CT molecular complexity index is 711. The van der Waals surface area contributed by atoms with Crippen LogP contribution in [-0.2, 0) is 4.74 Å². The van der Waals surface area contributed by atoms with E-state index in [0.29, 0.717) is 11.7 Å². The summed E-state index contributed by atoms with van der Waals surface area (Å²) in [6, 6.07) is 1.99. The van der Waals surface area contributed by atoms with E-state index < -0.39 is 0 Å². The molecule has 2 saturated heterocycles. The average molecular weight is 343 g/mol. The van der Waals surface area contributed by atoms with Crippen LogP contribution in [0, 0.1) is 19.8 Å². The van der Waals surface area contributed by atoms with Gasteiger partial charge in [-0.3, -0.25) is 0 Å². The van der Waals surface area contributed by atoms with Crippen LogP contribution in [0.2, 0.25) is 0 Å². The molecule has 134 valence electrons. The van der Waals surface area contributed by atoms with Crippen LogP contribution in [0.5, 0.6) is 0 Å². The molecule has 2 aromatic rings. The summed E-state index contributed by atoms with van der Waals surface area (Å²) in [5.74, 6) is 4.05. The molecule has 0 unspecified atom stereocenters. The lowest BCUT2D eigenvalue weighted by molar-refractivity contribution is -0.0489. The molecular formula is C18H25N5O2. The Morgan fingerprint density at radius 2 is 1.92 bits per heavy atom. The van der Waals surface area contributed by atoms with E-state index in [1.807, 2.05) is 26.1 Å². The van der Waals surface area contributed by atoms with Gasteiger partial charge in [0, 0.05) is 25.9 Å². The van der Waals surface area contributed by atoms with Crippen molar-refractivity contribution in [1.29, 1.82) is 0 Å². The Labute approximate surface area is 147 Å². The molecule has 0 saturated carbocycles. The Kier molecular flexibility index (Phi) is 4.65. The molecule has 2 aliphatic heterocycles. The van der Waals surface area contributed by atoms with Gasteiger partial charge in [0.15, 0.2) is 5.82 Å². The fourth-order valence-corrected chi connectivity index (χ4v) is 4.07. The lowest BCUT2D eigenvalue weighted by Crippen LogP contribution is -2.42. The number of aromatic nitrogens is 4. The van der Waals surface area contributed by atoms with E-state index in [1.165, 1.54) is 0 Å². The van der Waals surface area contributed by atoms with Crippen LogP contribution in [0.15, 0.2) is 16.8 Å². The first-order valence-electron chi connectivity index (χ1n) is 9.17. The minimum atomic E-state index is 0.183. The zero-order chi connectivity index (χ0) is 17.2. The fourth-order valence-electron chi connectivity index (χ4n) is 4.07. The van der Waals surface area contributed by atoms with Gasteiger partial charge in [-0.1, -0.05) is 5.16 Å². The predicted molar refractivity (Wildman–Crippen MR) is 92.5 cm³/mol. The van der Waals surface area contributed by atoms with Crippen LogP contribution in [0.4, 0.5) is 5.82 Å². The molecule has 0 N–H and O–H groups in total. The summed E-state index contributed by atoms with van der Waals surface area (Å²) in [7, 11) is 0. The van der Waals surface area contributed by atoms with Gasteiger partial charge in [0.1, 0.15) is 11.6 Å². The van der Waals surface area contributed by atoms with E-state index in [-0.39, 0.29) is 12.0 Å². The molecule has 4 heterocycles. The molecule has 25 heavy (non-hydrogen) atoms. The van der Waals surface area contributed by atoms with Crippen molar-refractivity contribution in [2.24, 2.45) is 5.92 Å². The molecule has 7 heteroatoms. The lowest BCUT2D eigenvalue weighted by atomic mass is 9.80. The third kappa shape index (κ3) is 3.51. The van der Waals surface area contributed by atoms with Crippen LogP contribution in [0.3, 0.4) is 0 Å². The highest BCUT2D eigenvalue weighted by atomic mass is 16.5. The highest BCUT2D eigenvalue weighted by Crippen LogP contribution is 2.38. The first-order chi connectivity index (χ1) is 12.2. The molecule has 4 rings (SSSR count). The molecule has 2 atom stereocenters. The second kappa shape index (κ2) is 7.07. The molecule has 0 radical (unpaired) electrons. The van der Waals surface area contributed by atoms with Gasteiger partial charge in [-0.25, -0.2) is 9.97 Å². The largest absolute Gasteiger partial charge is 0.377 e. The highest BCUT2D eigenvalue weighted by molar-refractivity contribution is 5.37. The molecule has 2 aromatic heterocycles. The van der Waals surface area contributed by atoms with Gasteiger partial charge in [0.25, 0.3) is 0 Å². The van der Waals surface area contributed by atoms with Crippen molar-refractivity contribution in [2.75, 3.05) is 24.6 Å². The molecule has 0 aliphatic carbocycles. The van der Waals surface area contributed by atoms with E-state index in [4.69, 9.17) is 9.26 Å². The first kappa shape index (κ1) is 16.4. The Hall–Kier alpha value is -2.02. The van der Waals surface area contributed by atoms with E-state index >= 15 is 0 Å². The lowest BCUT2D eigenvalue weighted by Gasteiger charge is -2.40. The van der Waals surface area contributed by atoms with Gasteiger partial charge in [-0.05, 0) is 51.5 Å². The van der Waals surface area contributed by atoms with Crippen molar-refractivity contribution >= 4 is 5.82 Å². The topological polar surface area (TPSA) is 77.2 Å². The monoisotopic (exact) mass is 343 g/mol. The minimum absolute atomic E-state index is 0.183. The third-order valence-electron chi connectivity index (χ3n) is 5.32. The smallest absolute Gasteiger partial charge is 0.232 e. The SMILES string of the molecule is Cc1nccc(N2CCC([C@@H]3OCCC[C@H]3c3nc(C)no3)CC2)n1. The first-order valence-corrected chi connectivity index (χ1v) is 9.17. The molecule has 2 fully saturated rings. The number of anilines is 1. The molecule has 0 aromatic carbocycles. The van der Waals surface area contributed by atoms with Gasteiger partial charge in [0.2, 0.25) is 5.89 Å². The van der Waals surface area contributed by atoms with E-state index in [0.717, 1.165) is 62.9 Å². The summed E-state index contributed by atoms with van der Waals surface area (Å²) in [6.45, 7) is 6.63. The van der Waals surface area contributed by atoms with Crippen LogP contribution >= 0.6 is 0 Å². The van der Waals surface area contributed by atoms with E-state index in [2.05, 4.69) is 25.0 Å². The summed E-state index contributed by atoms with van der Waals surface area (Å²) in [6.07, 6.45) is 6.33. The van der Waals surface area contributed by atoms with Crippen LogP contribution in [0.25, 0.3) is 0 Å². The molecule has 0 amide bonds. The predicted octanol–water partition coefficient (Wildman–Crippen LogP) is 2.66. The highest BCUT2D eigenvalue weighted by Gasteiger charge is 2.38. The van der Waals surface area contributed by atoms with Crippen LogP contribution in [-0.4, -0.2) is 45.9 Å². The number of rotatable bonds is 3. The van der Waals surface area contributed by atoms with Gasteiger partial charge < -0.3 is 14.2 Å². The van der Waals surface area contributed by atoms with Crippen molar-refractivity contribution in [2.45, 2.75) is 51.6 Å². The minimum Gasteiger partial charge on any atom is -0.377 e. The maximum absolute atomic E-state index is 6.18. The number of hydrogen-bond donors (Lipinski definition) is 0. The normalized spacial score (nSPS) is 25.3. The fraction of sp³-hybridized carbons (Fsp3) is 0.667. The summed E-state index contributed by atoms with van der Waals surface area (Å²) in [5.41, 5.74) is 0. The molecule has 7 nitrogen and oxygen atoms in total. The maximum Gasteiger partial charge on any atom is 0.232 e. The van der Waals surface area contributed by atoms with Crippen molar-refractivity contribution in [1.82, 2.24) is 20.1 Å². The summed E-state index contributed by atoms with van der Waals surface area (Å²) in [4.78, 5) is 15.6. The van der Waals surface area contributed by atoms with E-state index in [9.17, 15) is 0 Å². The maximum atomic E-state index is 6.18.